The van der Waals surface area contributed by atoms with Gasteiger partial charge < -0.3 is 5.32 Å². The molecule has 1 saturated heterocycles. The van der Waals surface area contributed by atoms with Crippen molar-refractivity contribution >= 4 is 44.9 Å². The minimum absolute atomic E-state index is 0.0629. The smallest absolute Gasteiger partial charge is 0.243 e. The molecule has 1 atom stereocenters. The van der Waals surface area contributed by atoms with Gasteiger partial charge in [-0.15, -0.1) is 0 Å². The quantitative estimate of drug-likeness (QED) is 0.647. The van der Waals surface area contributed by atoms with Crippen LogP contribution in [0, 0.1) is 0 Å². The van der Waals surface area contributed by atoms with Gasteiger partial charge in [0.1, 0.15) is 6.04 Å². The van der Waals surface area contributed by atoms with Gasteiger partial charge in [0.2, 0.25) is 15.9 Å². The third kappa shape index (κ3) is 5.03. The van der Waals surface area contributed by atoms with Crippen molar-refractivity contribution < 1.29 is 18.0 Å². The SMILES string of the molecule is CC(=O)c1ccc(S(=O)(=O)N2CCCCC2C(=O)NCc2ccc(Cl)cc2Cl)cc1. The monoisotopic (exact) mass is 468 g/mol. The molecule has 1 N–H and O–H groups in total. The van der Waals surface area contributed by atoms with E-state index in [1.807, 2.05) is 0 Å². The number of rotatable bonds is 6. The Morgan fingerprint density at radius 3 is 2.43 bits per heavy atom. The fourth-order valence-electron chi connectivity index (χ4n) is 3.42. The molecule has 2 aromatic rings. The molecule has 0 aliphatic carbocycles. The summed E-state index contributed by atoms with van der Waals surface area (Å²) in [7, 11) is -3.88. The summed E-state index contributed by atoms with van der Waals surface area (Å²) in [5.74, 6) is -0.514. The lowest BCUT2D eigenvalue weighted by atomic mass is 10.0. The lowest BCUT2D eigenvalue weighted by Gasteiger charge is -2.33. The first-order chi connectivity index (χ1) is 14.2. The molecule has 1 unspecified atom stereocenters. The van der Waals surface area contributed by atoms with Crippen LogP contribution in [0.1, 0.15) is 42.1 Å². The number of piperidine rings is 1. The van der Waals surface area contributed by atoms with Crippen LogP contribution < -0.4 is 5.32 Å². The summed E-state index contributed by atoms with van der Waals surface area (Å²) < 4.78 is 27.6. The minimum atomic E-state index is -3.88. The molecule has 6 nitrogen and oxygen atoms in total. The topological polar surface area (TPSA) is 83.6 Å². The van der Waals surface area contributed by atoms with Crippen LogP contribution in [-0.4, -0.2) is 37.0 Å². The zero-order chi connectivity index (χ0) is 21.9. The molecule has 1 heterocycles. The number of carbonyl (C=O) groups excluding carboxylic acids is 2. The molecular weight excluding hydrogens is 447 g/mol. The maximum Gasteiger partial charge on any atom is 0.243 e. The summed E-state index contributed by atoms with van der Waals surface area (Å²) in [6.07, 6.45) is 1.87. The van der Waals surface area contributed by atoms with Gasteiger partial charge in [0.05, 0.1) is 4.90 Å². The van der Waals surface area contributed by atoms with E-state index >= 15 is 0 Å². The highest BCUT2D eigenvalue weighted by molar-refractivity contribution is 7.89. The molecule has 1 amide bonds. The second-order valence-electron chi connectivity index (χ2n) is 7.16. The van der Waals surface area contributed by atoms with Crippen LogP contribution in [0.25, 0.3) is 0 Å². The Morgan fingerprint density at radius 2 is 1.80 bits per heavy atom. The van der Waals surface area contributed by atoms with Crippen molar-refractivity contribution in [3.8, 4) is 0 Å². The zero-order valence-corrected chi connectivity index (χ0v) is 18.7. The van der Waals surface area contributed by atoms with Crippen LogP contribution in [0.2, 0.25) is 10.0 Å². The Morgan fingerprint density at radius 1 is 1.10 bits per heavy atom. The van der Waals surface area contributed by atoms with E-state index < -0.39 is 16.1 Å². The van der Waals surface area contributed by atoms with E-state index in [0.29, 0.717) is 34.0 Å². The lowest BCUT2D eigenvalue weighted by molar-refractivity contribution is -0.125. The number of benzene rings is 2. The van der Waals surface area contributed by atoms with Gasteiger partial charge in [0, 0.05) is 28.7 Å². The van der Waals surface area contributed by atoms with E-state index in [4.69, 9.17) is 23.2 Å². The first kappa shape index (κ1) is 22.7. The maximum atomic E-state index is 13.2. The maximum absolute atomic E-state index is 13.2. The van der Waals surface area contributed by atoms with Gasteiger partial charge in [-0.1, -0.05) is 47.8 Å². The van der Waals surface area contributed by atoms with Gasteiger partial charge >= 0.3 is 0 Å². The molecule has 0 bridgehead atoms. The van der Waals surface area contributed by atoms with Crippen molar-refractivity contribution in [2.45, 2.75) is 43.7 Å². The van der Waals surface area contributed by atoms with Crippen LogP contribution >= 0.6 is 23.2 Å². The Balaban J connectivity index is 1.77. The van der Waals surface area contributed by atoms with Crippen LogP contribution in [0.5, 0.6) is 0 Å². The van der Waals surface area contributed by atoms with Gasteiger partial charge in [0.25, 0.3) is 0 Å². The molecule has 3 rings (SSSR count). The number of sulfonamides is 1. The van der Waals surface area contributed by atoms with Crippen LogP contribution in [0.4, 0.5) is 0 Å². The van der Waals surface area contributed by atoms with Gasteiger partial charge in [-0.2, -0.15) is 4.31 Å². The molecule has 9 heteroatoms. The second kappa shape index (κ2) is 9.47. The van der Waals surface area contributed by atoms with Crippen LogP contribution in [0.15, 0.2) is 47.4 Å². The Labute approximate surface area is 186 Å². The summed E-state index contributed by atoms with van der Waals surface area (Å²) in [6.45, 7) is 1.85. The van der Waals surface area contributed by atoms with Gasteiger partial charge in [-0.05, 0) is 49.6 Å². The number of ketones is 1. The van der Waals surface area contributed by atoms with Crippen molar-refractivity contribution in [1.29, 1.82) is 0 Å². The van der Waals surface area contributed by atoms with Crippen molar-refractivity contribution in [3.63, 3.8) is 0 Å². The molecule has 0 spiro atoms. The normalized spacial score (nSPS) is 17.5. The average molecular weight is 469 g/mol. The number of hydrogen-bond acceptors (Lipinski definition) is 4. The molecule has 0 saturated carbocycles. The number of hydrogen-bond donors (Lipinski definition) is 1. The molecule has 0 aromatic heterocycles. The number of amides is 1. The van der Waals surface area contributed by atoms with Crippen molar-refractivity contribution in [2.75, 3.05) is 6.54 Å². The van der Waals surface area contributed by atoms with E-state index in [1.54, 1.807) is 18.2 Å². The highest BCUT2D eigenvalue weighted by atomic mass is 35.5. The summed E-state index contributed by atoms with van der Waals surface area (Å²) >= 11 is 12.0. The first-order valence-corrected chi connectivity index (χ1v) is 11.7. The highest BCUT2D eigenvalue weighted by Crippen LogP contribution is 2.26. The largest absolute Gasteiger partial charge is 0.351 e. The predicted octanol–water partition coefficient (Wildman–Crippen LogP) is 4.06. The van der Waals surface area contributed by atoms with Gasteiger partial charge in [-0.25, -0.2) is 8.42 Å². The standard InChI is InChI=1S/C21H22Cl2N2O4S/c1-14(26)15-6-9-18(10-7-15)30(28,29)25-11-3-2-4-20(25)21(27)24-13-16-5-8-17(22)12-19(16)23/h5-10,12,20H,2-4,11,13H2,1H3,(H,24,27). The lowest BCUT2D eigenvalue weighted by Crippen LogP contribution is -2.51. The third-order valence-corrected chi connectivity index (χ3v) is 7.60. The van der Waals surface area contributed by atoms with Gasteiger partial charge in [-0.3, -0.25) is 9.59 Å². The average Bonchev–Trinajstić information content (AvgIpc) is 2.73. The third-order valence-electron chi connectivity index (χ3n) is 5.09. The Hall–Kier alpha value is -1.93. The van der Waals surface area contributed by atoms with E-state index in [-0.39, 0.29) is 29.7 Å². The molecule has 1 aliphatic heterocycles. The Kier molecular flexibility index (Phi) is 7.18. The van der Waals surface area contributed by atoms with Crippen molar-refractivity contribution in [2.24, 2.45) is 0 Å². The summed E-state index contributed by atoms with van der Waals surface area (Å²) in [5, 5.41) is 3.72. The molecule has 1 aliphatic rings. The Bertz CT molecular complexity index is 1060. The molecule has 1 fully saturated rings. The molecule has 30 heavy (non-hydrogen) atoms. The first-order valence-electron chi connectivity index (χ1n) is 9.54. The second-order valence-corrected chi connectivity index (χ2v) is 9.90. The van der Waals surface area contributed by atoms with Crippen molar-refractivity contribution in [3.05, 3.63) is 63.6 Å². The van der Waals surface area contributed by atoms with Gasteiger partial charge in [0.15, 0.2) is 5.78 Å². The number of halogens is 2. The van der Waals surface area contributed by atoms with E-state index in [0.717, 1.165) is 6.42 Å². The molecule has 0 radical (unpaired) electrons. The van der Waals surface area contributed by atoms with Crippen LogP contribution in [0.3, 0.4) is 0 Å². The number of Topliss-reactive ketones (excluding diaryl/α,β-unsaturated/α-hetero) is 1. The molecule has 160 valence electrons. The fourth-order valence-corrected chi connectivity index (χ4v) is 5.55. The molecule has 2 aromatic carbocycles. The molecular formula is C21H22Cl2N2O4S. The highest BCUT2D eigenvalue weighted by Gasteiger charge is 2.37. The summed E-state index contributed by atoms with van der Waals surface area (Å²) in [5.41, 5.74) is 1.13. The van der Waals surface area contributed by atoms with E-state index in [1.165, 1.54) is 35.5 Å². The zero-order valence-electron chi connectivity index (χ0n) is 16.4. The minimum Gasteiger partial charge on any atom is -0.351 e. The van der Waals surface area contributed by atoms with Crippen LogP contribution in [-0.2, 0) is 21.4 Å². The van der Waals surface area contributed by atoms with E-state index in [2.05, 4.69) is 5.32 Å². The number of carbonyl (C=O) groups is 2. The predicted molar refractivity (Wildman–Crippen MR) is 116 cm³/mol. The van der Waals surface area contributed by atoms with E-state index in [9.17, 15) is 18.0 Å². The fraction of sp³-hybridized carbons (Fsp3) is 0.333. The summed E-state index contributed by atoms with van der Waals surface area (Å²) in [4.78, 5) is 24.4. The summed E-state index contributed by atoms with van der Waals surface area (Å²) in [6, 6.07) is 9.96. The van der Waals surface area contributed by atoms with Crippen molar-refractivity contribution in [1.82, 2.24) is 9.62 Å². The number of nitrogens with one attached hydrogen (secondary N) is 1. The number of nitrogens with zero attached hydrogens (tertiary/aromatic N) is 1.